The third-order valence-corrected chi connectivity index (χ3v) is 3.90. The van der Waals surface area contributed by atoms with E-state index in [1.54, 1.807) is 11.8 Å². The Kier molecular flexibility index (Phi) is 4.02. The van der Waals surface area contributed by atoms with Gasteiger partial charge in [0, 0.05) is 10.6 Å². The lowest BCUT2D eigenvalue weighted by atomic mass is 10.00. The highest BCUT2D eigenvalue weighted by atomic mass is 32.2. The number of aliphatic hydroxyl groups excluding tert-OH is 1. The summed E-state index contributed by atoms with van der Waals surface area (Å²) < 4.78 is 0. The Morgan fingerprint density at radius 2 is 1.71 bits per heavy atom. The molecule has 0 spiro atoms. The number of hydrogen-bond donors (Lipinski definition) is 1. The summed E-state index contributed by atoms with van der Waals surface area (Å²) in [4.78, 5) is 1.31. The maximum Gasteiger partial charge on any atom is 0.0525 e. The van der Waals surface area contributed by atoms with Crippen LogP contribution in [0.1, 0.15) is 22.3 Å². The van der Waals surface area contributed by atoms with Crippen LogP contribution in [0.15, 0.2) is 11.0 Å². The van der Waals surface area contributed by atoms with E-state index < -0.39 is 0 Å². The second-order valence-corrected chi connectivity index (χ2v) is 4.78. The van der Waals surface area contributed by atoms with Crippen LogP contribution in [-0.4, -0.2) is 17.5 Å². The first-order valence-electron chi connectivity index (χ1n) is 4.89. The second kappa shape index (κ2) is 4.85. The van der Waals surface area contributed by atoms with E-state index >= 15 is 0 Å². The summed E-state index contributed by atoms with van der Waals surface area (Å²) in [7, 11) is 0. The van der Waals surface area contributed by atoms with Gasteiger partial charge in [0.05, 0.1) is 6.61 Å². The molecule has 0 aliphatic carbocycles. The van der Waals surface area contributed by atoms with E-state index in [9.17, 15) is 0 Å². The Bertz CT molecular complexity index is 332. The molecular formula is C12H18OS. The number of rotatable bonds is 3. The Balaban J connectivity index is 3.06. The smallest absolute Gasteiger partial charge is 0.0525 e. The fraction of sp³-hybridized carbons (Fsp3) is 0.500. The van der Waals surface area contributed by atoms with E-state index in [2.05, 4.69) is 33.8 Å². The summed E-state index contributed by atoms with van der Waals surface area (Å²) in [5, 5.41) is 8.79. The first-order chi connectivity index (χ1) is 6.57. The minimum atomic E-state index is 0.246. The van der Waals surface area contributed by atoms with Crippen LogP contribution in [0.25, 0.3) is 0 Å². The van der Waals surface area contributed by atoms with Crippen LogP contribution in [0.2, 0.25) is 0 Å². The molecule has 0 saturated heterocycles. The SMILES string of the molecule is Cc1cc(SCCO)c(C)c(C)c1C. The number of thioether (sulfide) groups is 1. The van der Waals surface area contributed by atoms with E-state index in [-0.39, 0.29) is 6.61 Å². The molecule has 0 radical (unpaired) electrons. The number of aliphatic hydroxyl groups is 1. The zero-order valence-corrected chi connectivity index (χ0v) is 10.2. The van der Waals surface area contributed by atoms with Gasteiger partial charge < -0.3 is 5.11 Å². The molecule has 0 bridgehead atoms. The molecule has 1 aromatic rings. The molecule has 78 valence electrons. The molecule has 0 aromatic heterocycles. The van der Waals surface area contributed by atoms with E-state index in [1.807, 2.05) is 0 Å². The van der Waals surface area contributed by atoms with Gasteiger partial charge in [0.1, 0.15) is 0 Å². The zero-order chi connectivity index (χ0) is 10.7. The molecule has 1 rings (SSSR count). The van der Waals surface area contributed by atoms with Crippen molar-refractivity contribution < 1.29 is 5.11 Å². The van der Waals surface area contributed by atoms with Gasteiger partial charge in [-0.25, -0.2) is 0 Å². The first kappa shape index (κ1) is 11.6. The van der Waals surface area contributed by atoms with Crippen LogP contribution in [0.4, 0.5) is 0 Å². The van der Waals surface area contributed by atoms with E-state index in [0.717, 1.165) is 5.75 Å². The molecule has 0 fully saturated rings. The third kappa shape index (κ3) is 2.31. The van der Waals surface area contributed by atoms with Gasteiger partial charge in [0.15, 0.2) is 0 Å². The molecule has 14 heavy (non-hydrogen) atoms. The topological polar surface area (TPSA) is 20.2 Å². The van der Waals surface area contributed by atoms with Gasteiger partial charge in [-0.1, -0.05) is 0 Å². The Morgan fingerprint density at radius 1 is 1.07 bits per heavy atom. The van der Waals surface area contributed by atoms with Crippen LogP contribution in [0.5, 0.6) is 0 Å². The van der Waals surface area contributed by atoms with Crippen molar-refractivity contribution in [2.24, 2.45) is 0 Å². The number of benzene rings is 1. The Labute approximate surface area is 90.5 Å². The van der Waals surface area contributed by atoms with Gasteiger partial charge in [0.25, 0.3) is 0 Å². The standard InChI is InChI=1S/C12H18OS/c1-8-7-12(14-6-5-13)11(4)10(3)9(8)2/h7,13H,5-6H2,1-4H3. The lowest BCUT2D eigenvalue weighted by Gasteiger charge is -2.13. The van der Waals surface area contributed by atoms with Crippen molar-refractivity contribution in [2.75, 3.05) is 12.4 Å². The zero-order valence-electron chi connectivity index (χ0n) is 9.35. The molecule has 0 aliphatic rings. The lowest BCUT2D eigenvalue weighted by Crippen LogP contribution is -1.95. The predicted molar refractivity (Wildman–Crippen MR) is 63.2 cm³/mol. The molecule has 0 unspecified atom stereocenters. The molecule has 1 nitrogen and oxygen atoms in total. The fourth-order valence-corrected chi connectivity index (χ4v) is 2.42. The second-order valence-electron chi connectivity index (χ2n) is 3.64. The normalized spacial score (nSPS) is 10.6. The maximum atomic E-state index is 8.79. The molecule has 0 heterocycles. The minimum absolute atomic E-state index is 0.246. The highest BCUT2D eigenvalue weighted by molar-refractivity contribution is 7.99. The van der Waals surface area contributed by atoms with Crippen molar-refractivity contribution in [2.45, 2.75) is 32.6 Å². The van der Waals surface area contributed by atoms with Crippen LogP contribution in [-0.2, 0) is 0 Å². The van der Waals surface area contributed by atoms with Crippen molar-refractivity contribution in [3.8, 4) is 0 Å². The molecule has 0 atom stereocenters. The summed E-state index contributed by atoms with van der Waals surface area (Å²) >= 11 is 1.73. The van der Waals surface area contributed by atoms with Crippen LogP contribution < -0.4 is 0 Å². The number of aryl methyl sites for hydroxylation is 1. The maximum absolute atomic E-state index is 8.79. The average molecular weight is 210 g/mol. The summed E-state index contributed by atoms with van der Waals surface area (Å²) in [5.74, 6) is 0.781. The minimum Gasteiger partial charge on any atom is -0.396 e. The van der Waals surface area contributed by atoms with Crippen LogP contribution in [0, 0.1) is 27.7 Å². The molecule has 0 amide bonds. The predicted octanol–water partition coefficient (Wildman–Crippen LogP) is 3.00. The lowest BCUT2D eigenvalue weighted by molar-refractivity contribution is 0.322. The van der Waals surface area contributed by atoms with Gasteiger partial charge in [-0.15, -0.1) is 11.8 Å². The largest absolute Gasteiger partial charge is 0.396 e. The molecular weight excluding hydrogens is 192 g/mol. The van der Waals surface area contributed by atoms with E-state index in [1.165, 1.54) is 27.1 Å². The Hall–Kier alpha value is -0.470. The first-order valence-corrected chi connectivity index (χ1v) is 5.87. The third-order valence-electron chi connectivity index (χ3n) is 2.78. The van der Waals surface area contributed by atoms with Crippen molar-refractivity contribution in [1.29, 1.82) is 0 Å². The van der Waals surface area contributed by atoms with Crippen molar-refractivity contribution in [3.05, 3.63) is 28.3 Å². The van der Waals surface area contributed by atoms with E-state index in [0.29, 0.717) is 0 Å². The fourth-order valence-electron chi connectivity index (χ4n) is 1.48. The van der Waals surface area contributed by atoms with Crippen LogP contribution >= 0.6 is 11.8 Å². The molecule has 2 heteroatoms. The highest BCUT2D eigenvalue weighted by Crippen LogP contribution is 2.28. The summed E-state index contributed by atoms with van der Waals surface area (Å²) in [6.07, 6.45) is 0. The Morgan fingerprint density at radius 3 is 2.29 bits per heavy atom. The van der Waals surface area contributed by atoms with Crippen molar-refractivity contribution in [3.63, 3.8) is 0 Å². The summed E-state index contributed by atoms with van der Waals surface area (Å²) in [6.45, 7) is 8.88. The van der Waals surface area contributed by atoms with Gasteiger partial charge in [-0.3, -0.25) is 0 Å². The van der Waals surface area contributed by atoms with Gasteiger partial charge in [0.2, 0.25) is 0 Å². The van der Waals surface area contributed by atoms with E-state index in [4.69, 9.17) is 5.11 Å². The average Bonchev–Trinajstić information content (AvgIpc) is 2.18. The quantitative estimate of drug-likeness (QED) is 0.774. The molecule has 1 N–H and O–H groups in total. The van der Waals surface area contributed by atoms with Crippen molar-refractivity contribution >= 4 is 11.8 Å². The van der Waals surface area contributed by atoms with Crippen LogP contribution in [0.3, 0.4) is 0 Å². The molecule has 0 saturated carbocycles. The monoisotopic (exact) mass is 210 g/mol. The summed E-state index contributed by atoms with van der Waals surface area (Å²) in [6, 6.07) is 2.22. The molecule has 1 aromatic carbocycles. The van der Waals surface area contributed by atoms with Gasteiger partial charge >= 0.3 is 0 Å². The summed E-state index contributed by atoms with van der Waals surface area (Å²) in [5.41, 5.74) is 5.46. The highest BCUT2D eigenvalue weighted by Gasteiger charge is 2.06. The van der Waals surface area contributed by atoms with Crippen molar-refractivity contribution in [1.82, 2.24) is 0 Å². The van der Waals surface area contributed by atoms with Gasteiger partial charge in [-0.2, -0.15) is 0 Å². The molecule has 0 aliphatic heterocycles. The number of hydrogen-bond acceptors (Lipinski definition) is 2. The van der Waals surface area contributed by atoms with Gasteiger partial charge in [-0.05, 0) is 56.0 Å².